The molecule has 2 heterocycles. The molecule has 90 valence electrons. The van der Waals surface area contributed by atoms with Gasteiger partial charge in [0.2, 0.25) is 0 Å². The molecule has 0 amide bonds. The van der Waals surface area contributed by atoms with E-state index in [0.717, 1.165) is 25.4 Å². The highest BCUT2D eigenvalue weighted by Crippen LogP contribution is 2.35. The van der Waals surface area contributed by atoms with Gasteiger partial charge in [-0.1, -0.05) is 13.8 Å². The van der Waals surface area contributed by atoms with Gasteiger partial charge in [-0.05, 0) is 32.3 Å². The minimum Gasteiger partial charge on any atom is -0.315 e. The molecule has 1 N–H and O–H groups in total. The fraction of sp³-hybridized carbons (Fsp3) is 0.769. The second kappa shape index (κ2) is 4.21. The Hall–Kier alpha value is -0.830. The van der Waals surface area contributed by atoms with Gasteiger partial charge in [-0.2, -0.15) is 5.10 Å². The average molecular weight is 221 g/mol. The van der Waals surface area contributed by atoms with Crippen LogP contribution in [0.2, 0.25) is 0 Å². The average Bonchev–Trinajstić information content (AvgIpc) is 2.58. The van der Waals surface area contributed by atoms with Crippen LogP contribution in [0.3, 0.4) is 0 Å². The van der Waals surface area contributed by atoms with E-state index in [-0.39, 0.29) is 0 Å². The second-order valence-corrected chi connectivity index (χ2v) is 5.68. The van der Waals surface area contributed by atoms with Crippen LogP contribution < -0.4 is 5.32 Å². The summed E-state index contributed by atoms with van der Waals surface area (Å²) in [5.74, 6) is 0.720. The Morgan fingerprint density at radius 3 is 2.44 bits per heavy atom. The van der Waals surface area contributed by atoms with Gasteiger partial charge in [-0.3, -0.25) is 4.68 Å². The molecule has 2 rings (SSSR count). The van der Waals surface area contributed by atoms with Crippen molar-refractivity contribution in [3.05, 3.63) is 18.0 Å². The summed E-state index contributed by atoms with van der Waals surface area (Å²) in [7, 11) is 0. The zero-order valence-corrected chi connectivity index (χ0v) is 10.8. The summed E-state index contributed by atoms with van der Waals surface area (Å²) >= 11 is 0. The maximum Gasteiger partial charge on any atom is 0.0631 e. The Labute approximate surface area is 98.2 Å². The highest BCUT2D eigenvalue weighted by molar-refractivity contribution is 5.08. The van der Waals surface area contributed by atoms with Gasteiger partial charge in [-0.25, -0.2) is 0 Å². The monoisotopic (exact) mass is 221 g/mol. The summed E-state index contributed by atoms with van der Waals surface area (Å²) in [6, 6.07) is 2.63. The Morgan fingerprint density at radius 2 is 2.06 bits per heavy atom. The Kier molecular flexibility index (Phi) is 3.06. The van der Waals surface area contributed by atoms with Crippen molar-refractivity contribution in [2.45, 2.75) is 40.2 Å². The van der Waals surface area contributed by atoms with Gasteiger partial charge in [-0.15, -0.1) is 0 Å². The Balaban J connectivity index is 2.08. The van der Waals surface area contributed by atoms with Crippen molar-refractivity contribution in [3.8, 4) is 0 Å². The van der Waals surface area contributed by atoms with Crippen LogP contribution in [0, 0.1) is 11.3 Å². The molecule has 0 unspecified atom stereocenters. The van der Waals surface area contributed by atoms with Crippen LogP contribution >= 0.6 is 0 Å². The van der Waals surface area contributed by atoms with Crippen molar-refractivity contribution < 1.29 is 0 Å². The van der Waals surface area contributed by atoms with Crippen LogP contribution in [0.15, 0.2) is 12.3 Å². The van der Waals surface area contributed by atoms with Crippen molar-refractivity contribution in [1.82, 2.24) is 15.1 Å². The van der Waals surface area contributed by atoms with Crippen molar-refractivity contribution in [1.29, 1.82) is 0 Å². The SMILES string of the molecule is CC(C)n1ccc(CC2(C(C)C)CNC2)n1. The molecule has 1 saturated heterocycles. The van der Waals surface area contributed by atoms with E-state index in [1.807, 2.05) is 0 Å². The zero-order chi connectivity index (χ0) is 11.8. The first-order valence-corrected chi connectivity index (χ1v) is 6.28. The standard InChI is InChI=1S/C13H23N3/c1-10(2)13(8-14-9-13)7-12-5-6-16(15-12)11(3)4/h5-6,10-11,14H,7-9H2,1-4H3. The third-order valence-corrected chi connectivity index (χ3v) is 3.90. The normalized spacial score (nSPS) is 19.1. The van der Waals surface area contributed by atoms with Crippen LogP contribution in [0.1, 0.15) is 39.4 Å². The lowest BCUT2D eigenvalue weighted by Crippen LogP contribution is -2.57. The zero-order valence-electron chi connectivity index (χ0n) is 10.8. The smallest absolute Gasteiger partial charge is 0.0631 e. The van der Waals surface area contributed by atoms with Gasteiger partial charge in [0, 0.05) is 30.7 Å². The third kappa shape index (κ3) is 2.01. The van der Waals surface area contributed by atoms with E-state index in [1.165, 1.54) is 5.69 Å². The maximum absolute atomic E-state index is 4.65. The second-order valence-electron chi connectivity index (χ2n) is 5.68. The topological polar surface area (TPSA) is 29.9 Å². The minimum atomic E-state index is 0.441. The molecular weight excluding hydrogens is 198 g/mol. The van der Waals surface area contributed by atoms with Crippen LogP contribution in [0.5, 0.6) is 0 Å². The molecule has 0 radical (unpaired) electrons. The van der Waals surface area contributed by atoms with E-state index < -0.39 is 0 Å². The molecule has 1 fully saturated rings. The molecule has 1 aliphatic rings. The molecule has 3 nitrogen and oxygen atoms in total. The van der Waals surface area contributed by atoms with Gasteiger partial charge in [0.25, 0.3) is 0 Å². The number of hydrogen-bond donors (Lipinski definition) is 1. The molecule has 1 aromatic rings. The van der Waals surface area contributed by atoms with E-state index in [1.54, 1.807) is 0 Å². The van der Waals surface area contributed by atoms with Gasteiger partial charge in [0.15, 0.2) is 0 Å². The number of aromatic nitrogens is 2. The lowest BCUT2D eigenvalue weighted by atomic mass is 9.69. The maximum atomic E-state index is 4.65. The first kappa shape index (κ1) is 11.6. The molecular formula is C13H23N3. The molecule has 0 saturated carbocycles. The van der Waals surface area contributed by atoms with E-state index in [2.05, 4.69) is 55.1 Å². The van der Waals surface area contributed by atoms with Gasteiger partial charge < -0.3 is 5.32 Å². The highest BCUT2D eigenvalue weighted by atomic mass is 15.3. The van der Waals surface area contributed by atoms with E-state index >= 15 is 0 Å². The van der Waals surface area contributed by atoms with E-state index in [4.69, 9.17) is 0 Å². The number of hydrogen-bond acceptors (Lipinski definition) is 2. The molecule has 0 bridgehead atoms. The molecule has 1 aliphatic heterocycles. The van der Waals surface area contributed by atoms with E-state index in [0.29, 0.717) is 11.5 Å². The highest BCUT2D eigenvalue weighted by Gasteiger charge is 2.40. The van der Waals surface area contributed by atoms with Crippen LogP contribution in [0.4, 0.5) is 0 Å². The summed E-state index contributed by atoms with van der Waals surface area (Å²) in [6.07, 6.45) is 3.21. The van der Waals surface area contributed by atoms with E-state index in [9.17, 15) is 0 Å². The molecule has 16 heavy (non-hydrogen) atoms. The lowest BCUT2D eigenvalue weighted by molar-refractivity contribution is 0.0978. The number of nitrogens with zero attached hydrogens (tertiary/aromatic N) is 2. The number of nitrogens with one attached hydrogen (secondary N) is 1. The van der Waals surface area contributed by atoms with Crippen molar-refractivity contribution in [2.75, 3.05) is 13.1 Å². The first-order valence-electron chi connectivity index (χ1n) is 6.28. The first-order chi connectivity index (χ1) is 7.53. The largest absolute Gasteiger partial charge is 0.315 e. The summed E-state index contributed by atoms with van der Waals surface area (Å²) in [4.78, 5) is 0. The molecule has 0 atom stereocenters. The van der Waals surface area contributed by atoms with Crippen LogP contribution in [-0.2, 0) is 6.42 Å². The summed E-state index contributed by atoms with van der Waals surface area (Å²) in [5, 5.41) is 8.05. The lowest BCUT2D eigenvalue weighted by Gasteiger charge is -2.46. The predicted molar refractivity (Wildman–Crippen MR) is 66.5 cm³/mol. The van der Waals surface area contributed by atoms with Crippen molar-refractivity contribution >= 4 is 0 Å². The quantitative estimate of drug-likeness (QED) is 0.845. The van der Waals surface area contributed by atoms with Gasteiger partial charge in [0.05, 0.1) is 5.69 Å². The fourth-order valence-electron chi connectivity index (χ4n) is 2.30. The Bertz CT molecular complexity index is 348. The molecule has 1 aromatic heterocycles. The summed E-state index contributed by atoms with van der Waals surface area (Å²) < 4.78 is 2.05. The van der Waals surface area contributed by atoms with Gasteiger partial charge in [0.1, 0.15) is 0 Å². The molecule has 3 heteroatoms. The van der Waals surface area contributed by atoms with Crippen LogP contribution in [-0.4, -0.2) is 22.9 Å². The Morgan fingerprint density at radius 1 is 1.38 bits per heavy atom. The van der Waals surface area contributed by atoms with Crippen LogP contribution in [0.25, 0.3) is 0 Å². The summed E-state index contributed by atoms with van der Waals surface area (Å²) in [5.41, 5.74) is 1.68. The predicted octanol–water partition coefficient (Wildman–Crippen LogP) is 2.25. The number of rotatable bonds is 4. The fourth-order valence-corrected chi connectivity index (χ4v) is 2.30. The van der Waals surface area contributed by atoms with Crippen molar-refractivity contribution in [3.63, 3.8) is 0 Å². The van der Waals surface area contributed by atoms with Gasteiger partial charge >= 0.3 is 0 Å². The molecule has 0 aliphatic carbocycles. The summed E-state index contributed by atoms with van der Waals surface area (Å²) in [6.45, 7) is 11.2. The van der Waals surface area contributed by atoms with Crippen molar-refractivity contribution in [2.24, 2.45) is 11.3 Å². The molecule has 0 spiro atoms. The molecule has 0 aromatic carbocycles. The third-order valence-electron chi connectivity index (χ3n) is 3.90. The minimum absolute atomic E-state index is 0.441.